The van der Waals surface area contributed by atoms with E-state index in [2.05, 4.69) is 27.3 Å². The molecule has 0 aromatic carbocycles. The van der Waals surface area contributed by atoms with Gasteiger partial charge in [0.05, 0.1) is 0 Å². The number of hydrogen-bond donors (Lipinski definition) is 1. The predicted octanol–water partition coefficient (Wildman–Crippen LogP) is 1.36. The third kappa shape index (κ3) is 3.94. The third-order valence-electron chi connectivity index (χ3n) is 4.56. The molecule has 0 radical (unpaired) electrons. The van der Waals surface area contributed by atoms with Crippen LogP contribution in [0.5, 0.6) is 0 Å². The summed E-state index contributed by atoms with van der Waals surface area (Å²) in [5, 5.41) is 2.85. The van der Waals surface area contributed by atoms with Gasteiger partial charge < -0.3 is 15.1 Å². The molecule has 3 rings (SSSR count). The zero-order valence-electron chi connectivity index (χ0n) is 12.5. The van der Waals surface area contributed by atoms with Crippen molar-refractivity contribution in [1.82, 2.24) is 20.1 Å². The number of urea groups is 1. The van der Waals surface area contributed by atoms with Crippen LogP contribution in [-0.2, 0) is 6.42 Å². The number of pyridine rings is 1. The van der Waals surface area contributed by atoms with Crippen molar-refractivity contribution in [3.8, 4) is 0 Å². The van der Waals surface area contributed by atoms with Crippen LogP contribution in [0, 0.1) is 5.92 Å². The molecule has 1 aromatic heterocycles. The zero-order valence-corrected chi connectivity index (χ0v) is 12.5. The summed E-state index contributed by atoms with van der Waals surface area (Å²) >= 11 is 0. The van der Waals surface area contributed by atoms with Gasteiger partial charge in [0.25, 0.3) is 0 Å². The second kappa shape index (κ2) is 6.89. The number of carbonyl (C=O) groups is 1. The van der Waals surface area contributed by atoms with Gasteiger partial charge in [-0.15, -0.1) is 0 Å². The van der Waals surface area contributed by atoms with Gasteiger partial charge in [-0.05, 0) is 50.4 Å². The second-order valence-electron chi connectivity index (χ2n) is 6.03. The minimum Gasteiger partial charge on any atom is -0.336 e. The van der Waals surface area contributed by atoms with Gasteiger partial charge in [-0.25, -0.2) is 4.79 Å². The van der Waals surface area contributed by atoms with Crippen LogP contribution in [0.1, 0.15) is 18.5 Å². The first-order valence-corrected chi connectivity index (χ1v) is 7.96. The number of amides is 2. The van der Waals surface area contributed by atoms with Gasteiger partial charge in [-0.3, -0.25) is 4.98 Å². The standard InChI is InChI=1S/C16H24N4O/c21-16-18-7-10-20(16)12-11-19-8-4-14(5-9-19)13-15-3-1-2-6-17-15/h1-3,6,14H,4-5,7-13H2,(H,18,21). The summed E-state index contributed by atoms with van der Waals surface area (Å²) in [6, 6.07) is 6.26. The molecule has 114 valence electrons. The number of nitrogens with one attached hydrogen (secondary N) is 1. The van der Waals surface area contributed by atoms with E-state index in [0.717, 1.165) is 51.6 Å². The Hall–Kier alpha value is -1.62. The number of nitrogens with zero attached hydrogens (tertiary/aromatic N) is 3. The molecule has 0 atom stereocenters. The number of hydrogen-bond acceptors (Lipinski definition) is 3. The van der Waals surface area contributed by atoms with Crippen molar-refractivity contribution in [3.63, 3.8) is 0 Å². The number of piperidine rings is 1. The predicted molar refractivity (Wildman–Crippen MR) is 82.1 cm³/mol. The van der Waals surface area contributed by atoms with E-state index in [1.165, 1.54) is 18.5 Å². The lowest BCUT2D eigenvalue weighted by atomic mass is 9.92. The summed E-state index contributed by atoms with van der Waals surface area (Å²) < 4.78 is 0. The van der Waals surface area contributed by atoms with E-state index in [4.69, 9.17) is 0 Å². The van der Waals surface area contributed by atoms with Crippen LogP contribution in [-0.4, -0.2) is 60.1 Å². The fraction of sp³-hybridized carbons (Fsp3) is 0.625. The Bertz CT molecular complexity index is 457. The molecular weight excluding hydrogens is 264 g/mol. The summed E-state index contributed by atoms with van der Waals surface area (Å²) in [6.07, 6.45) is 5.46. The van der Waals surface area contributed by atoms with E-state index in [-0.39, 0.29) is 6.03 Å². The molecule has 0 unspecified atom stereocenters. The fourth-order valence-corrected chi connectivity index (χ4v) is 3.22. The van der Waals surface area contributed by atoms with Crippen LogP contribution in [0.4, 0.5) is 4.79 Å². The molecule has 2 amide bonds. The van der Waals surface area contributed by atoms with E-state index in [0.29, 0.717) is 0 Å². The van der Waals surface area contributed by atoms with Crippen molar-refractivity contribution < 1.29 is 4.79 Å². The average molecular weight is 288 g/mol. The third-order valence-corrected chi connectivity index (χ3v) is 4.56. The van der Waals surface area contributed by atoms with E-state index in [1.54, 1.807) is 0 Å². The molecule has 0 bridgehead atoms. The van der Waals surface area contributed by atoms with Crippen molar-refractivity contribution >= 4 is 6.03 Å². The molecular formula is C16H24N4O. The molecule has 2 fully saturated rings. The molecule has 3 heterocycles. The smallest absolute Gasteiger partial charge is 0.317 e. The van der Waals surface area contributed by atoms with Crippen LogP contribution in [0.3, 0.4) is 0 Å². The normalized spacial score (nSPS) is 20.8. The molecule has 0 saturated carbocycles. The van der Waals surface area contributed by atoms with Crippen molar-refractivity contribution in [3.05, 3.63) is 30.1 Å². The fourth-order valence-electron chi connectivity index (χ4n) is 3.22. The van der Waals surface area contributed by atoms with Crippen molar-refractivity contribution in [2.45, 2.75) is 19.3 Å². The zero-order chi connectivity index (χ0) is 14.5. The maximum absolute atomic E-state index is 11.5. The van der Waals surface area contributed by atoms with Gasteiger partial charge in [0.15, 0.2) is 0 Å². The van der Waals surface area contributed by atoms with Gasteiger partial charge in [-0.1, -0.05) is 6.07 Å². The highest BCUT2D eigenvalue weighted by atomic mass is 16.2. The van der Waals surface area contributed by atoms with Crippen molar-refractivity contribution in [2.75, 3.05) is 39.3 Å². The minimum atomic E-state index is 0.0973. The summed E-state index contributed by atoms with van der Waals surface area (Å²) in [5.41, 5.74) is 1.21. The molecule has 2 aliphatic heterocycles. The Kier molecular flexibility index (Phi) is 4.70. The molecule has 1 N–H and O–H groups in total. The first-order chi connectivity index (χ1) is 10.3. The lowest BCUT2D eigenvalue weighted by Gasteiger charge is -2.32. The molecule has 0 spiro atoms. The summed E-state index contributed by atoms with van der Waals surface area (Å²) in [5.74, 6) is 0.756. The lowest BCUT2D eigenvalue weighted by molar-refractivity contribution is 0.164. The first kappa shape index (κ1) is 14.3. The van der Waals surface area contributed by atoms with Gasteiger partial charge >= 0.3 is 6.03 Å². The number of carbonyl (C=O) groups excluding carboxylic acids is 1. The van der Waals surface area contributed by atoms with E-state index in [1.807, 2.05) is 17.2 Å². The van der Waals surface area contributed by atoms with Gasteiger partial charge in [-0.2, -0.15) is 0 Å². The number of aromatic nitrogens is 1. The highest BCUT2D eigenvalue weighted by Gasteiger charge is 2.23. The van der Waals surface area contributed by atoms with Crippen LogP contribution in [0.25, 0.3) is 0 Å². The molecule has 2 aliphatic rings. The van der Waals surface area contributed by atoms with Gasteiger partial charge in [0, 0.05) is 38.1 Å². The summed E-state index contributed by atoms with van der Waals surface area (Å²) in [6.45, 7) is 5.81. The van der Waals surface area contributed by atoms with Crippen LogP contribution in [0.15, 0.2) is 24.4 Å². The highest BCUT2D eigenvalue weighted by Crippen LogP contribution is 2.20. The van der Waals surface area contributed by atoms with E-state index >= 15 is 0 Å². The monoisotopic (exact) mass is 288 g/mol. The van der Waals surface area contributed by atoms with E-state index in [9.17, 15) is 4.79 Å². The lowest BCUT2D eigenvalue weighted by Crippen LogP contribution is -2.41. The molecule has 5 heteroatoms. The Balaban J connectivity index is 1.38. The first-order valence-electron chi connectivity index (χ1n) is 7.96. The van der Waals surface area contributed by atoms with Gasteiger partial charge in [0.1, 0.15) is 0 Å². The molecule has 21 heavy (non-hydrogen) atoms. The molecule has 1 aromatic rings. The quantitative estimate of drug-likeness (QED) is 0.890. The van der Waals surface area contributed by atoms with Crippen molar-refractivity contribution in [1.29, 1.82) is 0 Å². The Morgan fingerprint density at radius 2 is 2.05 bits per heavy atom. The Labute approximate surface area is 126 Å². The minimum absolute atomic E-state index is 0.0973. The molecule has 2 saturated heterocycles. The highest BCUT2D eigenvalue weighted by molar-refractivity contribution is 5.76. The van der Waals surface area contributed by atoms with Crippen molar-refractivity contribution in [2.24, 2.45) is 5.92 Å². The van der Waals surface area contributed by atoms with E-state index < -0.39 is 0 Å². The van der Waals surface area contributed by atoms with Crippen LogP contribution in [0.2, 0.25) is 0 Å². The summed E-state index contributed by atoms with van der Waals surface area (Å²) in [7, 11) is 0. The average Bonchev–Trinajstić information content (AvgIpc) is 2.93. The van der Waals surface area contributed by atoms with Gasteiger partial charge in [0.2, 0.25) is 0 Å². The Morgan fingerprint density at radius 3 is 2.71 bits per heavy atom. The number of likely N-dealkylation sites (tertiary alicyclic amines) is 1. The maximum atomic E-state index is 11.5. The van der Waals surface area contributed by atoms with Crippen LogP contribution < -0.4 is 5.32 Å². The summed E-state index contributed by atoms with van der Waals surface area (Å²) in [4.78, 5) is 20.3. The number of rotatable bonds is 5. The molecule has 5 nitrogen and oxygen atoms in total. The SMILES string of the molecule is O=C1NCCN1CCN1CCC(Cc2ccccn2)CC1. The molecule has 0 aliphatic carbocycles. The maximum Gasteiger partial charge on any atom is 0.317 e. The Morgan fingerprint density at radius 1 is 1.19 bits per heavy atom. The largest absolute Gasteiger partial charge is 0.336 e. The second-order valence-corrected chi connectivity index (χ2v) is 6.03. The van der Waals surface area contributed by atoms with Crippen LogP contribution >= 0.6 is 0 Å². The topological polar surface area (TPSA) is 48.5 Å².